The number of ether oxygens (including phenoxy) is 3. The van der Waals surface area contributed by atoms with E-state index in [1.165, 1.54) is 26.4 Å². The maximum atomic E-state index is 12.6. The third kappa shape index (κ3) is 3.97. The predicted octanol–water partition coefficient (Wildman–Crippen LogP) is 2.88. The fraction of sp³-hybridized carbons (Fsp3) is 0.250. The number of methoxy groups -OCH3 is 2. The first-order chi connectivity index (χ1) is 12.5. The van der Waals surface area contributed by atoms with E-state index in [9.17, 15) is 13.3 Å². The van der Waals surface area contributed by atoms with Gasteiger partial charge in [0.2, 0.25) is 0 Å². The zero-order chi connectivity index (χ0) is 18.7. The van der Waals surface area contributed by atoms with Crippen LogP contribution in [-0.2, 0) is 16.9 Å². The summed E-state index contributed by atoms with van der Waals surface area (Å²) in [5.41, 5.74) is 1.40. The third-order valence-electron chi connectivity index (χ3n) is 3.48. The van der Waals surface area contributed by atoms with Gasteiger partial charge in [-0.25, -0.2) is 0 Å². The second kappa shape index (κ2) is 7.75. The summed E-state index contributed by atoms with van der Waals surface area (Å²) >= 11 is -1.52. The van der Waals surface area contributed by atoms with Gasteiger partial charge in [-0.1, -0.05) is 0 Å². The van der Waals surface area contributed by atoms with E-state index < -0.39 is 17.8 Å². The number of alkyl halides is 2. The number of hydrogen-bond acceptors (Lipinski definition) is 6. The highest BCUT2D eigenvalue weighted by Crippen LogP contribution is 2.33. The van der Waals surface area contributed by atoms with Crippen molar-refractivity contribution in [3.63, 3.8) is 0 Å². The summed E-state index contributed by atoms with van der Waals surface area (Å²) < 4.78 is 52.1. The van der Waals surface area contributed by atoms with Gasteiger partial charge in [0, 0.05) is 35.6 Å². The van der Waals surface area contributed by atoms with Gasteiger partial charge in [0.1, 0.15) is 5.75 Å². The van der Waals surface area contributed by atoms with Gasteiger partial charge in [0.05, 0.1) is 30.9 Å². The van der Waals surface area contributed by atoms with Crippen LogP contribution < -0.4 is 14.2 Å². The average Bonchev–Trinajstić information content (AvgIpc) is 3.03. The van der Waals surface area contributed by atoms with Crippen LogP contribution in [0, 0.1) is 0 Å². The first-order valence-electron chi connectivity index (χ1n) is 7.40. The quantitative estimate of drug-likeness (QED) is 0.631. The zero-order valence-electron chi connectivity index (χ0n) is 13.9. The molecule has 0 saturated heterocycles. The van der Waals surface area contributed by atoms with Gasteiger partial charge < -0.3 is 18.8 Å². The number of aromatic amines is 1. The predicted molar refractivity (Wildman–Crippen MR) is 90.2 cm³/mol. The SMILES string of the molecule is COc1ccnc(C[S+]([O-])c2nc3cc(OC(F)F)c(OC)cc3[nH]2)c1. The number of nitrogens with one attached hydrogen (secondary N) is 1. The number of benzene rings is 1. The average molecular weight is 383 g/mol. The summed E-state index contributed by atoms with van der Waals surface area (Å²) in [6.45, 7) is -2.99. The molecule has 0 fully saturated rings. The standard InChI is InChI=1S/C16H15F2N3O4S/c1-23-10-3-4-19-9(5-10)8-26(22)16-20-11-6-13(24-2)14(25-15(17)18)7-12(11)21-16/h3-7,15H,8H2,1-2H3,(H,20,21). The molecule has 3 aromatic rings. The molecule has 138 valence electrons. The zero-order valence-corrected chi connectivity index (χ0v) is 14.7. The maximum absolute atomic E-state index is 12.6. The van der Waals surface area contributed by atoms with Crippen molar-refractivity contribution in [3.05, 3.63) is 36.2 Å². The molecular formula is C16H15F2N3O4S. The van der Waals surface area contributed by atoms with Crippen molar-refractivity contribution in [3.8, 4) is 17.2 Å². The summed E-state index contributed by atoms with van der Waals surface area (Å²) in [4.78, 5) is 11.2. The monoisotopic (exact) mass is 383 g/mol. The normalized spacial score (nSPS) is 12.4. The molecule has 0 saturated carbocycles. The maximum Gasteiger partial charge on any atom is 0.387 e. The Labute approximate surface area is 150 Å². The highest BCUT2D eigenvalue weighted by Gasteiger charge is 2.21. The van der Waals surface area contributed by atoms with E-state index in [1.807, 2.05) is 0 Å². The van der Waals surface area contributed by atoms with Gasteiger partial charge >= 0.3 is 11.8 Å². The van der Waals surface area contributed by atoms with Gasteiger partial charge in [0.25, 0.3) is 0 Å². The van der Waals surface area contributed by atoms with Gasteiger partial charge in [-0.05, 0) is 6.07 Å². The Balaban J connectivity index is 1.87. The molecular weight excluding hydrogens is 368 g/mol. The van der Waals surface area contributed by atoms with Crippen LogP contribution in [0.1, 0.15) is 5.69 Å². The largest absolute Gasteiger partial charge is 0.609 e. The van der Waals surface area contributed by atoms with Crippen molar-refractivity contribution in [2.45, 2.75) is 17.5 Å². The highest BCUT2D eigenvalue weighted by molar-refractivity contribution is 7.90. The third-order valence-corrected chi connectivity index (χ3v) is 4.66. The van der Waals surface area contributed by atoms with Crippen LogP contribution in [0.25, 0.3) is 11.0 Å². The molecule has 10 heteroatoms. The number of H-pyrrole nitrogens is 1. The highest BCUT2D eigenvalue weighted by atomic mass is 32.2. The van der Waals surface area contributed by atoms with E-state index in [4.69, 9.17) is 9.47 Å². The Bertz CT molecular complexity index is 906. The topological polar surface area (TPSA) is 92.3 Å². The van der Waals surface area contributed by atoms with E-state index in [0.29, 0.717) is 22.5 Å². The van der Waals surface area contributed by atoms with Crippen molar-refractivity contribution in [1.29, 1.82) is 0 Å². The number of aromatic nitrogens is 3. The van der Waals surface area contributed by atoms with Crippen LogP contribution in [0.2, 0.25) is 0 Å². The fourth-order valence-corrected chi connectivity index (χ4v) is 3.30. The molecule has 0 spiro atoms. The summed E-state index contributed by atoms with van der Waals surface area (Å²) in [6.07, 6.45) is 1.56. The van der Waals surface area contributed by atoms with Crippen LogP contribution in [0.4, 0.5) is 8.78 Å². The fourth-order valence-electron chi connectivity index (χ4n) is 2.31. The molecule has 1 atom stereocenters. The summed E-state index contributed by atoms with van der Waals surface area (Å²) in [5.74, 6) is 0.700. The Morgan fingerprint density at radius 3 is 2.69 bits per heavy atom. The Morgan fingerprint density at radius 2 is 2.00 bits per heavy atom. The number of hydrogen-bond donors (Lipinski definition) is 1. The Morgan fingerprint density at radius 1 is 1.19 bits per heavy atom. The second-order valence-corrected chi connectivity index (χ2v) is 6.48. The van der Waals surface area contributed by atoms with Crippen LogP contribution in [-0.4, -0.2) is 40.3 Å². The number of pyridine rings is 1. The Hall–Kier alpha value is -2.59. The van der Waals surface area contributed by atoms with Gasteiger partial charge in [-0.3, -0.25) is 9.97 Å². The first-order valence-corrected chi connectivity index (χ1v) is 8.72. The lowest BCUT2D eigenvalue weighted by Crippen LogP contribution is -2.08. The molecule has 3 rings (SSSR count). The van der Waals surface area contributed by atoms with Crippen molar-refractivity contribution in [1.82, 2.24) is 15.0 Å². The van der Waals surface area contributed by atoms with Crippen LogP contribution in [0.15, 0.2) is 35.6 Å². The molecule has 2 aromatic heterocycles. The molecule has 0 aliphatic rings. The molecule has 0 amide bonds. The molecule has 0 aliphatic heterocycles. The lowest BCUT2D eigenvalue weighted by molar-refractivity contribution is -0.0511. The molecule has 0 bridgehead atoms. The van der Waals surface area contributed by atoms with E-state index in [2.05, 4.69) is 19.7 Å². The Kier molecular flexibility index (Phi) is 5.43. The summed E-state index contributed by atoms with van der Waals surface area (Å²) in [7, 11) is 2.87. The van der Waals surface area contributed by atoms with Gasteiger partial charge in [0.15, 0.2) is 17.3 Å². The molecule has 7 nitrogen and oxygen atoms in total. The van der Waals surface area contributed by atoms with Crippen molar-refractivity contribution in [2.75, 3.05) is 14.2 Å². The molecule has 1 N–H and O–H groups in total. The molecule has 26 heavy (non-hydrogen) atoms. The molecule has 1 aromatic carbocycles. The van der Waals surface area contributed by atoms with Crippen molar-refractivity contribution in [2.24, 2.45) is 0 Å². The molecule has 0 radical (unpaired) electrons. The number of fused-ring (bicyclic) bond motifs is 1. The van der Waals surface area contributed by atoms with Crippen molar-refractivity contribution < 1.29 is 27.5 Å². The van der Waals surface area contributed by atoms with Crippen LogP contribution >= 0.6 is 0 Å². The first kappa shape index (κ1) is 18.2. The van der Waals surface area contributed by atoms with E-state index in [1.54, 1.807) is 18.3 Å². The minimum Gasteiger partial charge on any atom is -0.609 e. The lowest BCUT2D eigenvalue weighted by atomic mass is 10.3. The second-order valence-electron chi connectivity index (χ2n) is 5.12. The number of rotatable bonds is 7. The summed E-state index contributed by atoms with van der Waals surface area (Å²) in [5, 5.41) is 0.195. The van der Waals surface area contributed by atoms with Gasteiger partial charge in [-0.2, -0.15) is 13.8 Å². The number of nitrogens with zero attached hydrogens (tertiary/aromatic N) is 2. The molecule has 2 heterocycles. The summed E-state index contributed by atoms with van der Waals surface area (Å²) in [6, 6.07) is 6.13. The van der Waals surface area contributed by atoms with E-state index >= 15 is 0 Å². The van der Waals surface area contributed by atoms with Gasteiger partial charge in [-0.15, -0.1) is 0 Å². The van der Waals surface area contributed by atoms with Crippen molar-refractivity contribution >= 4 is 22.2 Å². The van der Waals surface area contributed by atoms with E-state index in [0.717, 1.165) is 0 Å². The number of halogens is 2. The minimum absolute atomic E-state index is 0.119. The lowest BCUT2D eigenvalue weighted by Gasteiger charge is -2.08. The number of imidazole rings is 1. The smallest absolute Gasteiger partial charge is 0.387 e. The minimum atomic E-state index is -2.99. The van der Waals surface area contributed by atoms with Crippen LogP contribution in [0.3, 0.4) is 0 Å². The molecule has 1 unspecified atom stereocenters. The van der Waals surface area contributed by atoms with Crippen LogP contribution in [0.5, 0.6) is 17.2 Å². The van der Waals surface area contributed by atoms with E-state index in [-0.39, 0.29) is 22.4 Å². The molecule has 0 aliphatic carbocycles.